The van der Waals surface area contributed by atoms with Gasteiger partial charge in [0.2, 0.25) is 0 Å². The van der Waals surface area contributed by atoms with Crippen LogP contribution in [0.4, 0.5) is 0 Å². The summed E-state index contributed by atoms with van der Waals surface area (Å²) < 4.78 is 11.4. The van der Waals surface area contributed by atoms with Gasteiger partial charge in [-0.2, -0.15) is 0 Å². The Hall–Kier alpha value is -2.72. The molecule has 136 valence electrons. The predicted octanol–water partition coefficient (Wildman–Crippen LogP) is 4.07. The van der Waals surface area contributed by atoms with Gasteiger partial charge in [-0.25, -0.2) is 0 Å². The van der Waals surface area contributed by atoms with E-state index in [4.69, 9.17) is 9.47 Å². The summed E-state index contributed by atoms with van der Waals surface area (Å²) in [6, 6.07) is 12.5. The van der Waals surface area contributed by atoms with Crippen molar-refractivity contribution in [2.45, 2.75) is 6.54 Å². The highest BCUT2D eigenvalue weighted by molar-refractivity contribution is 5.90. The van der Waals surface area contributed by atoms with E-state index in [2.05, 4.69) is 52.9 Å². The normalized spacial score (nSPS) is 13.5. The lowest BCUT2D eigenvalue weighted by molar-refractivity contribution is 0.348. The second-order valence-electron chi connectivity index (χ2n) is 6.74. The van der Waals surface area contributed by atoms with Gasteiger partial charge in [0.25, 0.3) is 0 Å². The number of hydrogen-bond donors (Lipinski definition) is 0. The van der Waals surface area contributed by atoms with Gasteiger partial charge < -0.3 is 19.3 Å². The third-order valence-corrected chi connectivity index (χ3v) is 4.67. The molecule has 0 radical (unpaired) electrons. The minimum absolute atomic E-state index is 0.749. The van der Waals surface area contributed by atoms with Crippen molar-refractivity contribution >= 4 is 11.3 Å². The molecule has 0 aliphatic carbocycles. The monoisotopic (exact) mass is 350 g/mol. The summed E-state index contributed by atoms with van der Waals surface area (Å²) >= 11 is 0. The van der Waals surface area contributed by atoms with Crippen LogP contribution < -0.4 is 9.47 Å². The van der Waals surface area contributed by atoms with Crippen molar-refractivity contribution in [2.75, 3.05) is 35.4 Å². The largest absolute Gasteiger partial charge is 0.496 e. The molecule has 0 fully saturated rings. The fourth-order valence-electron chi connectivity index (χ4n) is 3.34. The molecule has 2 aromatic carbocycles. The summed E-state index contributed by atoms with van der Waals surface area (Å²) in [4.78, 5) is 4.16. The van der Waals surface area contributed by atoms with Crippen LogP contribution in [0.5, 0.6) is 11.5 Å². The first kappa shape index (κ1) is 18.1. The third-order valence-electron chi connectivity index (χ3n) is 4.67. The van der Waals surface area contributed by atoms with Crippen molar-refractivity contribution in [3.8, 4) is 11.5 Å². The van der Waals surface area contributed by atoms with E-state index < -0.39 is 0 Å². The molecule has 0 saturated carbocycles. The molecular weight excluding hydrogens is 324 g/mol. The zero-order valence-corrected chi connectivity index (χ0v) is 16.2. The minimum atomic E-state index is 0.749. The van der Waals surface area contributed by atoms with Gasteiger partial charge in [-0.1, -0.05) is 30.8 Å². The minimum Gasteiger partial charge on any atom is -0.496 e. The molecule has 1 aliphatic heterocycles. The van der Waals surface area contributed by atoms with Gasteiger partial charge in [0.1, 0.15) is 11.5 Å². The summed E-state index contributed by atoms with van der Waals surface area (Å²) in [7, 11) is 9.50. The SMILES string of the molecule is C=C1c2ccccc2C(c2cc(OC)c(CN(C)C)c(OC)c2)=CN1C. The fraction of sp³-hybridized carbons (Fsp3) is 0.273. The molecule has 0 N–H and O–H groups in total. The number of nitrogens with zero attached hydrogens (tertiary/aromatic N) is 2. The first-order chi connectivity index (χ1) is 12.5. The van der Waals surface area contributed by atoms with E-state index in [1.807, 2.05) is 27.2 Å². The highest BCUT2D eigenvalue weighted by Crippen LogP contribution is 2.40. The van der Waals surface area contributed by atoms with Crippen molar-refractivity contribution in [3.05, 3.63) is 71.4 Å². The van der Waals surface area contributed by atoms with Crippen LogP contribution in [-0.2, 0) is 6.54 Å². The fourth-order valence-corrected chi connectivity index (χ4v) is 3.34. The van der Waals surface area contributed by atoms with E-state index in [9.17, 15) is 0 Å². The van der Waals surface area contributed by atoms with E-state index in [0.29, 0.717) is 0 Å². The number of rotatable bonds is 5. The highest BCUT2D eigenvalue weighted by atomic mass is 16.5. The number of ether oxygens (including phenoxy) is 2. The Kier molecular flexibility index (Phi) is 5.05. The average molecular weight is 350 g/mol. The maximum Gasteiger partial charge on any atom is 0.127 e. The second-order valence-corrected chi connectivity index (χ2v) is 6.74. The summed E-state index contributed by atoms with van der Waals surface area (Å²) in [5.74, 6) is 1.66. The van der Waals surface area contributed by atoms with Gasteiger partial charge in [0, 0.05) is 36.6 Å². The Morgan fingerprint density at radius 2 is 1.58 bits per heavy atom. The van der Waals surface area contributed by atoms with Crippen LogP contribution in [0.3, 0.4) is 0 Å². The molecule has 0 amide bonds. The van der Waals surface area contributed by atoms with Crippen molar-refractivity contribution in [3.63, 3.8) is 0 Å². The van der Waals surface area contributed by atoms with Crippen LogP contribution in [0.2, 0.25) is 0 Å². The van der Waals surface area contributed by atoms with E-state index in [0.717, 1.165) is 46.0 Å². The topological polar surface area (TPSA) is 24.9 Å². The molecule has 0 saturated heterocycles. The lowest BCUT2D eigenvalue weighted by atomic mass is 9.89. The molecule has 26 heavy (non-hydrogen) atoms. The molecule has 0 bridgehead atoms. The second kappa shape index (κ2) is 7.26. The van der Waals surface area contributed by atoms with Crippen LogP contribution in [0.15, 0.2) is 49.2 Å². The Morgan fingerprint density at radius 3 is 2.12 bits per heavy atom. The lowest BCUT2D eigenvalue weighted by Gasteiger charge is -2.28. The molecule has 4 nitrogen and oxygen atoms in total. The van der Waals surface area contributed by atoms with E-state index in [1.54, 1.807) is 14.2 Å². The van der Waals surface area contributed by atoms with E-state index in [-0.39, 0.29) is 0 Å². The number of fused-ring (bicyclic) bond motifs is 1. The van der Waals surface area contributed by atoms with Crippen LogP contribution in [0.1, 0.15) is 22.3 Å². The lowest BCUT2D eigenvalue weighted by Crippen LogP contribution is -2.16. The molecule has 1 aliphatic rings. The Morgan fingerprint density at radius 1 is 1.00 bits per heavy atom. The van der Waals surface area contributed by atoms with Crippen molar-refractivity contribution in [1.82, 2.24) is 9.80 Å². The van der Waals surface area contributed by atoms with Crippen LogP contribution in [-0.4, -0.2) is 45.2 Å². The van der Waals surface area contributed by atoms with Crippen LogP contribution in [0, 0.1) is 0 Å². The zero-order valence-electron chi connectivity index (χ0n) is 16.2. The van der Waals surface area contributed by atoms with Crippen molar-refractivity contribution in [2.24, 2.45) is 0 Å². The molecule has 0 atom stereocenters. The van der Waals surface area contributed by atoms with Gasteiger partial charge >= 0.3 is 0 Å². The van der Waals surface area contributed by atoms with Crippen molar-refractivity contribution in [1.29, 1.82) is 0 Å². The Balaban J connectivity index is 2.18. The third kappa shape index (κ3) is 3.20. The van der Waals surface area contributed by atoms with Gasteiger partial charge in [-0.05, 0) is 37.4 Å². The average Bonchev–Trinajstić information content (AvgIpc) is 2.64. The van der Waals surface area contributed by atoms with Gasteiger partial charge in [0.05, 0.1) is 19.8 Å². The first-order valence-electron chi connectivity index (χ1n) is 8.59. The van der Waals surface area contributed by atoms with Gasteiger partial charge in [0.15, 0.2) is 0 Å². The molecule has 1 heterocycles. The smallest absolute Gasteiger partial charge is 0.127 e. The summed E-state index contributed by atoms with van der Waals surface area (Å²) in [6.07, 6.45) is 2.12. The van der Waals surface area contributed by atoms with Crippen LogP contribution >= 0.6 is 0 Å². The maximum absolute atomic E-state index is 5.69. The van der Waals surface area contributed by atoms with E-state index >= 15 is 0 Å². The maximum atomic E-state index is 5.69. The molecular formula is C22H26N2O2. The van der Waals surface area contributed by atoms with E-state index in [1.165, 1.54) is 5.56 Å². The standard InChI is InChI=1S/C22H26N2O2/c1-15-17-9-7-8-10-18(17)19(14-24(15)4)16-11-21(25-5)20(13-23(2)3)22(12-16)26-6/h7-12,14H,1,13H2,2-6H3. The molecule has 0 unspecified atom stereocenters. The first-order valence-corrected chi connectivity index (χ1v) is 8.59. The molecule has 4 heteroatoms. The molecule has 2 aromatic rings. The van der Waals surface area contributed by atoms with Crippen LogP contribution in [0.25, 0.3) is 11.3 Å². The Bertz CT molecular complexity index is 843. The summed E-state index contributed by atoms with van der Waals surface area (Å²) in [6.45, 7) is 4.95. The van der Waals surface area contributed by atoms with Gasteiger partial charge in [-0.3, -0.25) is 0 Å². The highest BCUT2D eigenvalue weighted by Gasteiger charge is 2.22. The van der Waals surface area contributed by atoms with Gasteiger partial charge in [-0.15, -0.1) is 0 Å². The van der Waals surface area contributed by atoms with Crippen molar-refractivity contribution < 1.29 is 9.47 Å². The molecule has 3 rings (SSSR count). The summed E-state index contributed by atoms with van der Waals surface area (Å²) in [5.41, 5.74) is 6.54. The zero-order chi connectivity index (χ0) is 18.8. The Labute approximate surface area is 155 Å². The predicted molar refractivity (Wildman–Crippen MR) is 107 cm³/mol. The quantitative estimate of drug-likeness (QED) is 0.811. The molecule has 0 aromatic heterocycles. The number of benzene rings is 2. The number of methoxy groups -OCH3 is 2. The molecule has 0 spiro atoms. The number of hydrogen-bond acceptors (Lipinski definition) is 4. The summed E-state index contributed by atoms with van der Waals surface area (Å²) in [5, 5.41) is 0.